The Bertz CT molecular complexity index is 693. The molecule has 2 aromatic rings. The van der Waals surface area contributed by atoms with Gasteiger partial charge in [0.2, 0.25) is 5.91 Å². The number of anilines is 1. The molecule has 0 bridgehead atoms. The van der Waals surface area contributed by atoms with E-state index in [2.05, 4.69) is 5.32 Å². The van der Waals surface area contributed by atoms with Crippen LogP contribution in [-0.2, 0) is 4.79 Å². The van der Waals surface area contributed by atoms with Gasteiger partial charge in [0.1, 0.15) is 5.75 Å². The molecule has 26 heavy (non-hydrogen) atoms. The lowest BCUT2D eigenvalue weighted by Crippen LogP contribution is -2.16. The number of ether oxygens (including phenoxy) is 3. The third kappa shape index (κ3) is 6.52. The number of hydrogen-bond acceptors (Lipinski definition) is 5. The first-order chi connectivity index (χ1) is 12.7. The van der Waals surface area contributed by atoms with Gasteiger partial charge in [0.05, 0.1) is 31.3 Å². The summed E-state index contributed by atoms with van der Waals surface area (Å²) in [6.07, 6.45) is 0. The summed E-state index contributed by atoms with van der Waals surface area (Å²) in [4.78, 5) is 12.1. The number of carbonyl (C=O) groups is 1. The first-order valence-electron chi connectivity index (χ1n) is 8.68. The zero-order valence-corrected chi connectivity index (χ0v) is 16.0. The number of benzene rings is 2. The Morgan fingerprint density at radius 1 is 0.885 bits per heavy atom. The maximum atomic E-state index is 12.1. The summed E-state index contributed by atoms with van der Waals surface area (Å²) in [7, 11) is 0. The van der Waals surface area contributed by atoms with Gasteiger partial charge in [-0.15, -0.1) is 11.8 Å². The number of amides is 1. The Morgan fingerprint density at radius 3 is 2.15 bits per heavy atom. The van der Waals surface area contributed by atoms with Crippen molar-refractivity contribution in [3.8, 4) is 17.2 Å². The van der Waals surface area contributed by atoms with E-state index in [-0.39, 0.29) is 5.91 Å². The summed E-state index contributed by atoms with van der Waals surface area (Å²) >= 11 is 1.52. The molecule has 0 spiro atoms. The number of para-hydroxylation sites is 4. The first kappa shape index (κ1) is 20.0. The Balaban J connectivity index is 1.71. The maximum Gasteiger partial charge on any atom is 0.234 e. The highest BCUT2D eigenvalue weighted by molar-refractivity contribution is 7.99. The standard InChI is InChI=1S/C20H25NO4S/c1-3-23-17-10-6-5-9-16(17)21-20(22)15-26-14-13-25-19-12-8-7-11-18(19)24-4-2/h5-12H,3-4,13-15H2,1-2H3,(H,21,22). The zero-order chi connectivity index (χ0) is 18.6. The molecule has 1 amide bonds. The quantitative estimate of drug-likeness (QED) is 0.596. The van der Waals surface area contributed by atoms with Crippen molar-refractivity contribution in [2.45, 2.75) is 13.8 Å². The average molecular weight is 375 g/mol. The highest BCUT2D eigenvalue weighted by atomic mass is 32.2. The Kier molecular flexibility index (Phi) is 8.69. The van der Waals surface area contributed by atoms with E-state index in [1.54, 1.807) is 0 Å². The van der Waals surface area contributed by atoms with Crippen LogP contribution >= 0.6 is 11.8 Å². The minimum Gasteiger partial charge on any atom is -0.492 e. The Morgan fingerprint density at radius 2 is 1.46 bits per heavy atom. The van der Waals surface area contributed by atoms with Gasteiger partial charge in [-0.1, -0.05) is 24.3 Å². The molecule has 0 aliphatic rings. The number of nitrogens with one attached hydrogen (secondary N) is 1. The summed E-state index contributed by atoms with van der Waals surface area (Å²) in [5.74, 6) is 3.16. The monoisotopic (exact) mass is 375 g/mol. The molecule has 140 valence electrons. The van der Waals surface area contributed by atoms with Crippen molar-refractivity contribution in [3.63, 3.8) is 0 Å². The van der Waals surface area contributed by atoms with Crippen LogP contribution in [0.25, 0.3) is 0 Å². The summed E-state index contributed by atoms with van der Waals surface area (Å²) in [6.45, 7) is 5.52. The van der Waals surface area contributed by atoms with Gasteiger partial charge >= 0.3 is 0 Å². The molecular weight excluding hydrogens is 350 g/mol. The van der Waals surface area contributed by atoms with Crippen molar-refractivity contribution < 1.29 is 19.0 Å². The number of rotatable bonds is 11. The van der Waals surface area contributed by atoms with Gasteiger partial charge in [0.25, 0.3) is 0 Å². The van der Waals surface area contributed by atoms with Gasteiger partial charge < -0.3 is 19.5 Å². The van der Waals surface area contributed by atoms with E-state index in [4.69, 9.17) is 14.2 Å². The largest absolute Gasteiger partial charge is 0.492 e. The highest BCUT2D eigenvalue weighted by Gasteiger charge is 2.08. The van der Waals surface area contributed by atoms with E-state index in [0.717, 1.165) is 11.5 Å². The molecular formula is C20H25NO4S. The van der Waals surface area contributed by atoms with Crippen LogP contribution in [0.15, 0.2) is 48.5 Å². The Labute approximate surface area is 159 Å². The smallest absolute Gasteiger partial charge is 0.234 e. The minimum absolute atomic E-state index is 0.0585. The lowest BCUT2D eigenvalue weighted by Gasteiger charge is -2.12. The summed E-state index contributed by atoms with van der Waals surface area (Å²) in [6, 6.07) is 15.0. The molecule has 0 fully saturated rings. The third-order valence-corrected chi connectivity index (χ3v) is 4.25. The predicted molar refractivity (Wildman–Crippen MR) is 107 cm³/mol. The van der Waals surface area contributed by atoms with Crippen molar-refractivity contribution in [3.05, 3.63) is 48.5 Å². The van der Waals surface area contributed by atoms with Crippen LogP contribution in [0.3, 0.4) is 0 Å². The van der Waals surface area contributed by atoms with E-state index in [1.807, 2.05) is 62.4 Å². The average Bonchev–Trinajstić information content (AvgIpc) is 2.65. The molecule has 0 atom stereocenters. The molecule has 0 radical (unpaired) electrons. The van der Waals surface area contributed by atoms with Crippen molar-refractivity contribution in [1.82, 2.24) is 0 Å². The second-order valence-electron chi connectivity index (χ2n) is 5.26. The van der Waals surface area contributed by atoms with Gasteiger partial charge in [-0.3, -0.25) is 4.79 Å². The van der Waals surface area contributed by atoms with Crippen LogP contribution in [0, 0.1) is 0 Å². The molecule has 0 saturated heterocycles. The molecule has 5 nitrogen and oxygen atoms in total. The van der Waals surface area contributed by atoms with Crippen molar-refractivity contribution in [2.75, 3.05) is 36.6 Å². The lowest BCUT2D eigenvalue weighted by molar-refractivity contribution is -0.113. The molecule has 0 heterocycles. The molecule has 0 aliphatic heterocycles. The normalized spacial score (nSPS) is 10.2. The second kappa shape index (κ2) is 11.3. The van der Waals surface area contributed by atoms with E-state index in [1.165, 1.54) is 11.8 Å². The van der Waals surface area contributed by atoms with Crippen LogP contribution in [-0.4, -0.2) is 37.2 Å². The van der Waals surface area contributed by atoms with Gasteiger partial charge in [0.15, 0.2) is 11.5 Å². The predicted octanol–water partition coefficient (Wildman–Crippen LogP) is 4.23. The van der Waals surface area contributed by atoms with Crippen molar-refractivity contribution >= 4 is 23.4 Å². The maximum absolute atomic E-state index is 12.1. The summed E-state index contributed by atoms with van der Waals surface area (Å²) in [5, 5.41) is 2.88. The van der Waals surface area contributed by atoms with Gasteiger partial charge in [-0.25, -0.2) is 0 Å². The molecule has 0 aliphatic carbocycles. The van der Waals surface area contributed by atoms with Crippen LogP contribution in [0.2, 0.25) is 0 Å². The van der Waals surface area contributed by atoms with Crippen LogP contribution in [0.4, 0.5) is 5.69 Å². The second-order valence-corrected chi connectivity index (χ2v) is 6.36. The number of carbonyl (C=O) groups excluding carboxylic acids is 1. The fourth-order valence-corrected chi connectivity index (χ4v) is 2.86. The Hall–Kier alpha value is -2.34. The fraction of sp³-hybridized carbons (Fsp3) is 0.350. The molecule has 2 aromatic carbocycles. The van der Waals surface area contributed by atoms with Gasteiger partial charge in [-0.05, 0) is 38.1 Å². The van der Waals surface area contributed by atoms with E-state index in [0.29, 0.717) is 42.8 Å². The highest BCUT2D eigenvalue weighted by Crippen LogP contribution is 2.26. The molecule has 0 unspecified atom stereocenters. The van der Waals surface area contributed by atoms with Crippen LogP contribution in [0.5, 0.6) is 17.2 Å². The van der Waals surface area contributed by atoms with Crippen LogP contribution < -0.4 is 19.5 Å². The molecule has 2 rings (SSSR count). The van der Waals surface area contributed by atoms with E-state index >= 15 is 0 Å². The molecule has 1 N–H and O–H groups in total. The number of thioether (sulfide) groups is 1. The topological polar surface area (TPSA) is 56.8 Å². The lowest BCUT2D eigenvalue weighted by atomic mass is 10.3. The minimum atomic E-state index is -0.0585. The van der Waals surface area contributed by atoms with E-state index < -0.39 is 0 Å². The molecule has 0 aromatic heterocycles. The van der Waals surface area contributed by atoms with Crippen molar-refractivity contribution in [2.24, 2.45) is 0 Å². The summed E-state index contributed by atoms with van der Waals surface area (Å²) in [5.41, 5.74) is 0.696. The van der Waals surface area contributed by atoms with Crippen molar-refractivity contribution in [1.29, 1.82) is 0 Å². The number of hydrogen-bond donors (Lipinski definition) is 1. The van der Waals surface area contributed by atoms with E-state index in [9.17, 15) is 4.79 Å². The van der Waals surface area contributed by atoms with Gasteiger partial charge in [-0.2, -0.15) is 0 Å². The molecule has 6 heteroatoms. The summed E-state index contributed by atoms with van der Waals surface area (Å²) < 4.78 is 16.8. The van der Waals surface area contributed by atoms with Crippen LogP contribution in [0.1, 0.15) is 13.8 Å². The first-order valence-corrected chi connectivity index (χ1v) is 9.84. The zero-order valence-electron chi connectivity index (χ0n) is 15.2. The molecule has 0 saturated carbocycles. The van der Waals surface area contributed by atoms with Gasteiger partial charge in [0, 0.05) is 5.75 Å². The fourth-order valence-electron chi connectivity index (χ4n) is 2.26. The SMILES string of the molecule is CCOc1ccccc1NC(=O)CSCCOc1ccccc1OCC. The third-order valence-electron chi connectivity index (χ3n) is 3.33.